The second kappa shape index (κ2) is 4.97. The van der Waals surface area contributed by atoms with Crippen molar-refractivity contribution in [1.82, 2.24) is 15.5 Å². The van der Waals surface area contributed by atoms with Crippen molar-refractivity contribution >= 4 is 11.9 Å². The number of amides is 1. The van der Waals surface area contributed by atoms with E-state index in [4.69, 9.17) is 15.2 Å². The molecule has 7 heteroatoms. The molecule has 4 N–H and O–H groups in total. The molecule has 1 amide bonds. The fourth-order valence-corrected chi connectivity index (χ4v) is 2.80. The molecule has 110 valence electrons. The number of hydrogen-bond donors (Lipinski definition) is 3. The first kappa shape index (κ1) is 13.2. The molecular formula is C13H20N4O3. The van der Waals surface area contributed by atoms with Gasteiger partial charge in [-0.1, -0.05) is 0 Å². The van der Waals surface area contributed by atoms with E-state index in [-0.39, 0.29) is 17.7 Å². The topological polar surface area (TPSA) is 102 Å². The maximum Gasteiger partial charge on any atom is 0.407 e. The van der Waals surface area contributed by atoms with Crippen LogP contribution < -0.4 is 11.1 Å². The van der Waals surface area contributed by atoms with Crippen molar-refractivity contribution in [3.05, 3.63) is 11.8 Å². The Morgan fingerprint density at radius 1 is 1.60 bits per heavy atom. The first-order valence-corrected chi connectivity index (χ1v) is 6.91. The van der Waals surface area contributed by atoms with Gasteiger partial charge in [-0.2, -0.15) is 5.10 Å². The molecule has 1 aliphatic heterocycles. The maximum absolute atomic E-state index is 11.8. The van der Waals surface area contributed by atoms with Gasteiger partial charge in [-0.05, 0) is 26.2 Å². The number of aromatic amines is 1. The van der Waals surface area contributed by atoms with E-state index >= 15 is 0 Å². The van der Waals surface area contributed by atoms with E-state index in [0.717, 1.165) is 25.0 Å². The van der Waals surface area contributed by atoms with Crippen LogP contribution in [0.5, 0.6) is 0 Å². The zero-order valence-electron chi connectivity index (χ0n) is 11.5. The van der Waals surface area contributed by atoms with E-state index in [1.165, 1.54) is 0 Å². The Hall–Kier alpha value is -1.76. The highest BCUT2D eigenvalue weighted by molar-refractivity contribution is 5.68. The summed E-state index contributed by atoms with van der Waals surface area (Å²) >= 11 is 0. The van der Waals surface area contributed by atoms with Crippen LogP contribution in [-0.4, -0.2) is 41.1 Å². The van der Waals surface area contributed by atoms with Gasteiger partial charge in [0.2, 0.25) is 0 Å². The van der Waals surface area contributed by atoms with Crippen molar-refractivity contribution in [2.45, 2.75) is 43.7 Å². The van der Waals surface area contributed by atoms with Gasteiger partial charge in [0.25, 0.3) is 0 Å². The third kappa shape index (κ3) is 2.72. The molecule has 1 aromatic rings. The first-order valence-electron chi connectivity index (χ1n) is 6.91. The third-order valence-electron chi connectivity index (χ3n) is 3.96. The van der Waals surface area contributed by atoms with E-state index in [9.17, 15) is 4.79 Å². The normalized spacial score (nSPS) is 27.9. The summed E-state index contributed by atoms with van der Waals surface area (Å²) in [6.45, 7) is 3.04. The minimum atomic E-state index is -0.356. The number of rotatable bonds is 3. The summed E-state index contributed by atoms with van der Waals surface area (Å²) in [5, 5.41) is 9.72. The fourth-order valence-electron chi connectivity index (χ4n) is 2.80. The lowest BCUT2D eigenvalue weighted by Gasteiger charge is -2.38. The van der Waals surface area contributed by atoms with Gasteiger partial charge in [0.1, 0.15) is 11.9 Å². The number of alkyl carbamates (subject to hydrolysis) is 1. The number of carbonyl (C=O) groups excluding carboxylic acids is 1. The van der Waals surface area contributed by atoms with Gasteiger partial charge >= 0.3 is 6.09 Å². The highest BCUT2D eigenvalue weighted by atomic mass is 16.6. The molecule has 2 aliphatic rings. The molecule has 0 bridgehead atoms. The minimum Gasteiger partial charge on any atom is -0.446 e. The van der Waals surface area contributed by atoms with E-state index in [0.29, 0.717) is 24.9 Å². The van der Waals surface area contributed by atoms with E-state index in [1.807, 2.05) is 13.0 Å². The minimum absolute atomic E-state index is 0.0471. The molecule has 1 aromatic heterocycles. The number of nitrogens with one attached hydrogen (secondary N) is 2. The maximum atomic E-state index is 11.8. The van der Waals surface area contributed by atoms with Gasteiger partial charge in [-0.3, -0.25) is 5.10 Å². The molecule has 2 atom stereocenters. The summed E-state index contributed by atoms with van der Waals surface area (Å²) in [5.74, 6) is 0.834. The Morgan fingerprint density at radius 2 is 2.40 bits per heavy atom. The summed E-state index contributed by atoms with van der Waals surface area (Å²) in [7, 11) is 0. The average Bonchev–Trinajstić information content (AvgIpc) is 2.96. The summed E-state index contributed by atoms with van der Waals surface area (Å²) in [4.78, 5) is 11.8. The zero-order chi connectivity index (χ0) is 14.2. The van der Waals surface area contributed by atoms with Crippen LogP contribution >= 0.6 is 0 Å². The number of nitrogens with two attached hydrogens (primary N) is 1. The van der Waals surface area contributed by atoms with Crippen molar-refractivity contribution < 1.29 is 14.3 Å². The van der Waals surface area contributed by atoms with Crippen LogP contribution in [0.2, 0.25) is 0 Å². The van der Waals surface area contributed by atoms with E-state index < -0.39 is 0 Å². The lowest BCUT2D eigenvalue weighted by molar-refractivity contribution is -0.0635. The molecule has 2 heterocycles. The zero-order valence-corrected chi connectivity index (χ0v) is 11.5. The number of H-pyrrole nitrogens is 1. The number of ether oxygens (including phenoxy) is 2. The van der Waals surface area contributed by atoms with Crippen molar-refractivity contribution in [2.75, 3.05) is 18.9 Å². The Bertz CT molecular complexity index is 498. The Labute approximate surface area is 117 Å². The van der Waals surface area contributed by atoms with Gasteiger partial charge in [0, 0.05) is 17.7 Å². The molecule has 7 nitrogen and oxygen atoms in total. The lowest BCUT2D eigenvalue weighted by Crippen LogP contribution is -2.60. The molecule has 0 radical (unpaired) electrons. The molecule has 0 spiro atoms. The van der Waals surface area contributed by atoms with Gasteiger partial charge in [-0.25, -0.2) is 4.79 Å². The molecule has 0 unspecified atom stereocenters. The van der Waals surface area contributed by atoms with Crippen LogP contribution in [-0.2, 0) is 9.47 Å². The molecule has 1 saturated carbocycles. The third-order valence-corrected chi connectivity index (χ3v) is 3.96. The van der Waals surface area contributed by atoms with Crippen molar-refractivity contribution in [1.29, 1.82) is 0 Å². The Balaban J connectivity index is 1.49. The number of carbonyl (C=O) groups is 1. The first-order chi connectivity index (χ1) is 9.54. The highest BCUT2D eigenvalue weighted by Crippen LogP contribution is 2.35. The lowest BCUT2D eigenvalue weighted by atomic mass is 10.0. The van der Waals surface area contributed by atoms with Crippen molar-refractivity contribution in [3.8, 4) is 0 Å². The van der Waals surface area contributed by atoms with Crippen LogP contribution in [0.25, 0.3) is 0 Å². The number of nitrogens with zero attached hydrogens (tertiary/aromatic N) is 1. The predicted molar refractivity (Wildman–Crippen MR) is 72.2 cm³/mol. The van der Waals surface area contributed by atoms with Gasteiger partial charge in [-0.15, -0.1) is 0 Å². The molecular weight excluding hydrogens is 260 g/mol. The molecule has 20 heavy (non-hydrogen) atoms. The second-order valence-electron chi connectivity index (χ2n) is 5.96. The Morgan fingerprint density at radius 3 is 3.00 bits per heavy atom. The fraction of sp³-hybridized carbons (Fsp3) is 0.692. The summed E-state index contributed by atoms with van der Waals surface area (Å²) < 4.78 is 10.6. The molecule has 1 saturated heterocycles. The second-order valence-corrected chi connectivity index (χ2v) is 5.96. The van der Waals surface area contributed by atoms with Crippen molar-refractivity contribution in [2.24, 2.45) is 0 Å². The molecule has 1 aliphatic carbocycles. The van der Waals surface area contributed by atoms with Crippen molar-refractivity contribution in [3.63, 3.8) is 0 Å². The smallest absolute Gasteiger partial charge is 0.407 e. The largest absolute Gasteiger partial charge is 0.446 e. The van der Waals surface area contributed by atoms with E-state index in [2.05, 4.69) is 15.5 Å². The quantitative estimate of drug-likeness (QED) is 0.770. The summed E-state index contributed by atoms with van der Waals surface area (Å²) in [6.07, 6.45) is 2.24. The molecule has 0 aromatic carbocycles. The predicted octanol–water partition coefficient (Wildman–Crippen LogP) is 1.14. The number of nitrogen functional groups attached to an aromatic ring is 1. The van der Waals surface area contributed by atoms with E-state index in [1.54, 1.807) is 0 Å². The number of anilines is 1. The Kier molecular flexibility index (Phi) is 3.29. The van der Waals surface area contributed by atoms with Crippen LogP contribution in [0, 0.1) is 0 Å². The van der Waals surface area contributed by atoms with Crippen LogP contribution in [0.3, 0.4) is 0 Å². The number of hydrogen-bond acceptors (Lipinski definition) is 5. The standard InChI is InChI=1S/C13H20N4O3/c1-13(6-19-7-13)15-12(18)20-9-3-2-8(4-9)10-5-11(14)17-16-10/h5,8-9H,2-4,6-7H2,1H3,(H,15,18)(H3,14,16,17)/t8-,9+/m0/s1. The van der Waals surface area contributed by atoms with Gasteiger partial charge < -0.3 is 20.5 Å². The van der Waals surface area contributed by atoms with Crippen LogP contribution in [0.15, 0.2) is 6.07 Å². The van der Waals surface area contributed by atoms with Crippen LogP contribution in [0.4, 0.5) is 10.6 Å². The SMILES string of the molecule is CC1(NC(=O)O[C@@H]2CC[C@H](c3cc(N)n[nH]3)C2)COC1. The molecule has 3 rings (SSSR count). The monoisotopic (exact) mass is 280 g/mol. The van der Waals surface area contributed by atoms with Gasteiger partial charge in [0.05, 0.1) is 18.8 Å². The summed E-state index contributed by atoms with van der Waals surface area (Å²) in [5.41, 5.74) is 6.35. The van der Waals surface area contributed by atoms with Gasteiger partial charge in [0.15, 0.2) is 0 Å². The van der Waals surface area contributed by atoms with Crippen LogP contribution in [0.1, 0.15) is 37.8 Å². The average molecular weight is 280 g/mol. The highest BCUT2D eigenvalue weighted by Gasteiger charge is 2.37. The molecule has 2 fully saturated rings. The number of aromatic nitrogens is 2. The summed E-state index contributed by atoms with van der Waals surface area (Å²) in [6, 6.07) is 1.85.